The highest BCUT2D eigenvalue weighted by Crippen LogP contribution is 2.39. The Balaban J connectivity index is 1.38. The van der Waals surface area contributed by atoms with E-state index in [1.165, 1.54) is 0 Å². The summed E-state index contributed by atoms with van der Waals surface area (Å²) < 4.78 is 19.4. The average Bonchev–Trinajstić information content (AvgIpc) is 3.44. The lowest BCUT2D eigenvalue weighted by Gasteiger charge is -2.40. The van der Waals surface area contributed by atoms with Gasteiger partial charge >= 0.3 is 0 Å². The number of nitrogens with zero attached hydrogens (tertiary/aromatic N) is 4. The van der Waals surface area contributed by atoms with Crippen LogP contribution in [0.4, 0.5) is 28.8 Å². The Labute approximate surface area is 267 Å². The Morgan fingerprint density at radius 1 is 1.11 bits per heavy atom. The van der Waals surface area contributed by atoms with E-state index in [0.29, 0.717) is 42.5 Å². The van der Waals surface area contributed by atoms with Gasteiger partial charge in [0.2, 0.25) is 5.95 Å². The van der Waals surface area contributed by atoms with Gasteiger partial charge in [-0.2, -0.15) is 9.97 Å². The third-order valence-electron chi connectivity index (χ3n) is 8.01. The lowest BCUT2D eigenvalue weighted by Crippen LogP contribution is -2.47. The summed E-state index contributed by atoms with van der Waals surface area (Å²) >= 11 is 0. The van der Waals surface area contributed by atoms with Crippen LogP contribution in [0.1, 0.15) is 40.5 Å². The number of piperidine rings is 1. The summed E-state index contributed by atoms with van der Waals surface area (Å²) in [5, 5.41) is 18.7. The van der Waals surface area contributed by atoms with Crippen LogP contribution in [0.25, 0.3) is 11.0 Å². The maximum atomic E-state index is 13.0. The molecule has 1 fully saturated rings. The van der Waals surface area contributed by atoms with E-state index in [2.05, 4.69) is 52.4 Å². The van der Waals surface area contributed by atoms with Crippen LogP contribution in [0.15, 0.2) is 54.7 Å². The first-order valence-corrected chi connectivity index (χ1v) is 18.3. The number of anilines is 5. The molecule has 0 bridgehead atoms. The summed E-state index contributed by atoms with van der Waals surface area (Å²) in [4.78, 5) is 17.4. The predicted molar refractivity (Wildman–Crippen MR) is 187 cm³/mol. The van der Waals surface area contributed by atoms with Crippen molar-refractivity contribution >= 4 is 52.3 Å². The molecule has 45 heavy (non-hydrogen) atoms. The number of para-hydroxylation sites is 1. The van der Waals surface area contributed by atoms with Crippen molar-refractivity contribution in [2.24, 2.45) is 5.92 Å². The number of H-pyrrole nitrogens is 1. The van der Waals surface area contributed by atoms with Crippen molar-refractivity contribution in [3.8, 4) is 5.75 Å². The third-order valence-corrected chi connectivity index (χ3v) is 9.56. The third kappa shape index (κ3) is 8.37. The van der Waals surface area contributed by atoms with Gasteiger partial charge in [0.25, 0.3) is 0 Å². The molecule has 2 aromatic carbocycles. The monoisotopic (exact) mass is 633 g/mol. The largest absolute Gasteiger partial charge is 0.491 e. The van der Waals surface area contributed by atoms with Crippen LogP contribution in [0.5, 0.6) is 5.75 Å². The molecule has 0 saturated carbocycles. The second kappa shape index (κ2) is 13.4. The van der Waals surface area contributed by atoms with E-state index >= 15 is 0 Å². The van der Waals surface area contributed by atoms with Gasteiger partial charge in [0.05, 0.1) is 29.0 Å². The van der Waals surface area contributed by atoms with Crippen molar-refractivity contribution in [1.82, 2.24) is 19.9 Å². The maximum Gasteiger partial charge on any atom is 0.231 e. The van der Waals surface area contributed by atoms with E-state index in [9.17, 15) is 9.67 Å². The minimum Gasteiger partial charge on any atom is -0.491 e. The quantitative estimate of drug-likeness (QED) is 0.132. The van der Waals surface area contributed by atoms with Gasteiger partial charge in [-0.1, -0.05) is 26.0 Å². The minimum absolute atomic E-state index is 0.382. The molecular weight excluding hydrogens is 585 g/mol. The normalized spacial score (nSPS) is 14.8. The highest BCUT2D eigenvalue weighted by atomic mass is 31.2. The Bertz CT molecular complexity index is 1650. The van der Waals surface area contributed by atoms with Gasteiger partial charge in [0.15, 0.2) is 0 Å². The highest BCUT2D eigenvalue weighted by molar-refractivity contribution is 7.70. The van der Waals surface area contributed by atoms with Crippen LogP contribution in [-0.4, -0.2) is 83.2 Å². The molecule has 2 aromatic heterocycles. The first-order valence-electron chi connectivity index (χ1n) is 15.7. The molecule has 242 valence electrons. The number of hydrogen-bond acceptors (Lipinski definition) is 9. The van der Waals surface area contributed by atoms with Gasteiger partial charge in [0.1, 0.15) is 24.4 Å². The number of aromatic nitrogens is 3. The van der Waals surface area contributed by atoms with Gasteiger partial charge in [-0.15, -0.1) is 0 Å². The highest BCUT2D eigenvalue weighted by Gasteiger charge is 2.27. The zero-order valence-corrected chi connectivity index (χ0v) is 28.5. The Hall–Kier alpha value is -3.59. The summed E-state index contributed by atoms with van der Waals surface area (Å²) in [6.45, 7) is 14.6. The molecule has 3 heterocycles. The zero-order valence-electron chi connectivity index (χ0n) is 27.6. The number of aliphatic hydroxyl groups is 1. The first kappa shape index (κ1) is 32.8. The Morgan fingerprint density at radius 3 is 2.53 bits per heavy atom. The van der Waals surface area contributed by atoms with E-state index < -0.39 is 12.7 Å². The minimum atomic E-state index is -2.52. The standard InChI is InChI=1S/C34H48N7O3P/c1-23(2)21-44-29-20-24(12-13-28(29)41-18-15-25(16-19-41)40(5)22-34(3,4)42)36-33-38-31-26(14-17-35-31)32(39-33)37-27-10-8-9-11-30(27)45(6,7)43/h8-14,17,20,23,25,42H,15-16,18-19,21-22H2,1-7H3,(H3,35,36,37,38,39). The molecule has 4 N–H and O–H groups in total. The molecule has 0 amide bonds. The average molecular weight is 634 g/mol. The summed E-state index contributed by atoms with van der Waals surface area (Å²) in [6, 6.07) is 16.2. The van der Waals surface area contributed by atoms with Crippen molar-refractivity contribution in [2.75, 3.05) is 62.2 Å². The zero-order chi connectivity index (χ0) is 32.4. The fourth-order valence-electron chi connectivity index (χ4n) is 5.91. The summed E-state index contributed by atoms with van der Waals surface area (Å²) in [5.74, 6) is 2.26. The number of rotatable bonds is 12. The summed E-state index contributed by atoms with van der Waals surface area (Å²) in [6.07, 6.45) is 3.87. The second-order valence-electron chi connectivity index (χ2n) is 13.6. The first-order chi connectivity index (χ1) is 21.3. The number of ether oxygens (including phenoxy) is 1. The number of nitrogens with one attached hydrogen (secondary N) is 3. The molecule has 4 aromatic rings. The van der Waals surface area contributed by atoms with Gasteiger partial charge in [-0.05, 0) is 83.3 Å². The number of benzene rings is 2. The van der Waals surface area contributed by atoms with Crippen LogP contribution in [-0.2, 0) is 4.57 Å². The number of fused-ring (bicyclic) bond motifs is 1. The molecule has 0 radical (unpaired) electrons. The molecule has 1 saturated heterocycles. The molecule has 0 spiro atoms. The van der Waals surface area contributed by atoms with Gasteiger partial charge in [-0.25, -0.2) is 0 Å². The van der Waals surface area contributed by atoms with Crippen LogP contribution in [0.2, 0.25) is 0 Å². The van der Waals surface area contributed by atoms with Crippen LogP contribution < -0.4 is 25.6 Å². The molecule has 0 aliphatic carbocycles. The molecule has 1 aliphatic rings. The summed E-state index contributed by atoms with van der Waals surface area (Å²) in [5.41, 5.74) is 2.64. The van der Waals surface area contributed by atoms with Crippen molar-refractivity contribution in [2.45, 2.75) is 52.2 Å². The van der Waals surface area contributed by atoms with Crippen LogP contribution in [0.3, 0.4) is 0 Å². The van der Waals surface area contributed by atoms with Gasteiger partial charge in [0, 0.05) is 48.9 Å². The fraction of sp³-hybridized carbons (Fsp3) is 0.471. The van der Waals surface area contributed by atoms with E-state index in [-0.39, 0.29) is 0 Å². The van der Waals surface area contributed by atoms with Crippen molar-refractivity contribution < 1.29 is 14.4 Å². The van der Waals surface area contributed by atoms with Crippen LogP contribution >= 0.6 is 7.14 Å². The molecule has 1 aliphatic heterocycles. The SMILES string of the molecule is CC(C)COc1cc(Nc2nc(Nc3ccccc3P(C)(C)=O)c3cc[nH]c3n2)ccc1N1CCC(N(C)CC(C)(C)O)CC1. The van der Waals surface area contributed by atoms with Gasteiger partial charge < -0.3 is 39.8 Å². The van der Waals surface area contributed by atoms with E-state index in [1.54, 1.807) is 13.3 Å². The van der Waals surface area contributed by atoms with Gasteiger partial charge in [-0.3, -0.25) is 0 Å². The molecule has 0 unspecified atom stereocenters. The van der Waals surface area contributed by atoms with Crippen molar-refractivity contribution in [3.63, 3.8) is 0 Å². The fourth-order valence-corrected chi connectivity index (χ4v) is 7.07. The molecule has 5 rings (SSSR count). The Kier molecular flexibility index (Phi) is 9.77. The number of hydrogen-bond donors (Lipinski definition) is 4. The topological polar surface area (TPSA) is 119 Å². The van der Waals surface area contributed by atoms with Crippen molar-refractivity contribution in [1.29, 1.82) is 0 Å². The van der Waals surface area contributed by atoms with E-state index in [0.717, 1.165) is 59.4 Å². The summed E-state index contributed by atoms with van der Waals surface area (Å²) in [7, 11) is -0.412. The smallest absolute Gasteiger partial charge is 0.231 e. The number of likely N-dealkylation sites (N-methyl/N-ethyl adjacent to an activating group) is 1. The van der Waals surface area contributed by atoms with E-state index in [1.807, 2.05) is 62.5 Å². The lowest BCUT2D eigenvalue weighted by molar-refractivity contribution is 0.0274. The lowest BCUT2D eigenvalue weighted by atomic mass is 10.0. The number of aromatic amines is 1. The van der Waals surface area contributed by atoms with Crippen molar-refractivity contribution in [3.05, 3.63) is 54.7 Å². The van der Waals surface area contributed by atoms with E-state index in [4.69, 9.17) is 14.7 Å². The Morgan fingerprint density at radius 2 is 1.84 bits per heavy atom. The second-order valence-corrected chi connectivity index (χ2v) is 16.8. The van der Waals surface area contributed by atoms with Crippen LogP contribution in [0, 0.1) is 5.92 Å². The molecule has 11 heteroatoms. The predicted octanol–water partition coefficient (Wildman–Crippen LogP) is 6.40. The molecular formula is C34H48N7O3P. The molecule has 10 nitrogen and oxygen atoms in total. The molecule has 0 atom stereocenters. The maximum absolute atomic E-state index is 13.0.